The van der Waals surface area contributed by atoms with E-state index in [0.717, 1.165) is 38.5 Å². The second-order valence-electron chi connectivity index (χ2n) is 9.21. The first-order valence-electron chi connectivity index (χ1n) is 11.0. The van der Waals surface area contributed by atoms with Crippen LogP contribution in [-0.4, -0.2) is 85.0 Å². The van der Waals surface area contributed by atoms with Crippen LogP contribution in [0.2, 0.25) is 0 Å². The molecule has 0 aromatic heterocycles. The van der Waals surface area contributed by atoms with E-state index in [1.807, 2.05) is 0 Å². The van der Waals surface area contributed by atoms with Crippen molar-refractivity contribution in [2.24, 2.45) is 5.92 Å². The number of nitrogens with one attached hydrogen (secondary N) is 1. The van der Waals surface area contributed by atoms with Crippen LogP contribution in [0.4, 0.5) is 0 Å². The van der Waals surface area contributed by atoms with Gasteiger partial charge in [-0.15, -0.1) is 0 Å². The third kappa shape index (κ3) is 5.67. The second-order valence-corrected chi connectivity index (χ2v) is 9.21. The Kier molecular flexibility index (Phi) is 7.35. The number of hydrogen-bond acceptors (Lipinski definition) is 4. The molecule has 1 atom stereocenters. The topological polar surface area (TPSA) is 38.8 Å². The van der Waals surface area contributed by atoms with Crippen LogP contribution in [0.15, 0.2) is 0 Å². The smallest absolute Gasteiger partial charge is 0.220 e. The van der Waals surface area contributed by atoms with Crippen molar-refractivity contribution in [3.8, 4) is 0 Å². The highest BCUT2D eigenvalue weighted by Crippen LogP contribution is 2.23. The fourth-order valence-corrected chi connectivity index (χ4v) is 5.04. The van der Waals surface area contributed by atoms with E-state index < -0.39 is 0 Å². The summed E-state index contributed by atoms with van der Waals surface area (Å²) in [6.07, 6.45) is 8.04. The number of carbonyl (C=O) groups is 1. The minimum atomic E-state index is 0.295. The average molecular weight is 365 g/mol. The zero-order chi connectivity index (χ0) is 18.5. The molecule has 0 bridgehead atoms. The molecule has 0 unspecified atom stereocenters. The molecule has 5 nitrogen and oxygen atoms in total. The van der Waals surface area contributed by atoms with E-state index >= 15 is 0 Å². The quantitative estimate of drug-likeness (QED) is 0.811. The van der Waals surface area contributed by atoms with Gasteiger partial charge in [0.1, 0.15) is 0 Å². The van der Waals surface area contributed by atoms with Crippen LogP contribution in [0.5, 0.6) is 0 Å². The summed E-state index contributed by atoms with van der Waals surface area (Å²) >= 11 is 0. The Bertz CT molecular complexity index is 439. The average Bonchev–Trinajstić information content (AvgIpc) is 2.63. The first kappa shape index (κ1) is 20.1. The molecule has 150 valence electrons. The molecule has 0 spiro atoms. The Hall–Kier alpha value is -0.650. The first-order chi connectivity index (χ1) is 12.5. The molecule has 0 aromatic carbocycles. The third-order valence-electron chi connectivity index (χ3n) is 6.88. The number of amides is 1. The van der Waals surface area contributed by atoms with Gasteiger partial charge in [0.15, 0.2) is 0 Å². The maximum atomic E-state index is 12.6. The van der Waals surface area contributed by atoms with E-state index in [0.29, 0.717) is 23.9 Å². The van der Waals surface area contributed by atoms with E-state index in [9.17, 15) is 4.79 Å². The zero-order valence-corrected chi connectivity index (χ0v) is 17.3. The third-order valence-corrected chi connectivity index (χ3v) is 6.88. The standard InChI is InChI=1S/C21H40N4O/c1-17(2)24-13-6-18(7-14-24)15-21(26)22-19-5-4-10-25(16-19)20-8-11-23(3)12-9-20/h17-20H,4-16H2,1-3H3,(H,22,26)/t19-/m0/s1. The lowest BCUT2D eigenvalue weighted by molar-refractivity contribution is -0.123. The largest absolute Gasteiger partial charge is 0.352 e. The summed E-state index contributed by atoms with van der Waals surface area (Å²) in [6.45, 7) is 11.6. The van der Waals surface area contributed by atoms with Crippen molar-refractivity contribution < 1.29 is 4.79 Å². The maximum Gasteiger partial charge on any atom is 0.220 e. The van der Waals surface area contributed by atoms with Crippen LogP contribution in [0.25, 0.3) is 0 Å². The van der Waals surface area contributed by atoms with Crippen LogP contribution in [0.3, 0.4) is 0 Å². The van der Waals surface area contributed by atoms with Crippen molar-refractivity contribution in [3.05, 3.63) is 0 Å². The molecular weight excluding hydrogens is 324 g/mol. The number of likely N-dealkylation sites (tertiary alicyclic amines) is 3. The summed E-state index contributed by atoms with van der Waals surface area (Å²) < 4.78 is 0. The minimum Gasteiger partial charge on any atom is -0.352 e. The van der Waals surface area contributed by atoms with Gasteiger partial charge in [-0.05, 0) is 98.1 Å². The Morgan fingerprint density at radius 1 is 1.00 bits per heavy atom. The van der Waals surface area contributed by atoms with E-state index in [4.69, 9.17) is 0 Å². The van der Waals surface area contributed by atoms with Crippen LogP contribution in [0.1, 0.15) is 58.8 Å². The summed E-state index contributed by atoms with van der Waals surface area (Å²) in [5, 5.41) is 3.37. The van der Waals surface area contributed by atoms with Gasteiger partial charge in [-0.3, -0.25) is 9.69 Å². The number of hydrogen-bond donors (Lipinski definition) is 1. The Morgan fingerprint density at radius 2 is 1.69 bits per heavy atom. The van der Waals surface area contributed by atoms with Crippen LogP contribution in [0, 0.1) is 5.92 Å². The molecule has 5 heteroatoms. The van der Waals surface area contributed by atoms with Crippen molar-refractivity contribution >= 4 is 5.91 Å². The summed E-state index contributed by atoms with van der Waals surface area (Å²) in [6, 6.07) is 1.73. The highest BCUT2D eigenvalue weighted by molar-refractivity contribution is 5.76. The van der Waals surface area contributed by atoms with Crippen molar-refractivity contribution in [1.29, 1.82) is 0 Å². The van der Waals surface area contributed by atoms with Crippen molar-refractivity contribution in [1.82, 2.24) is 20.0 Å². The van der Waals surface area contributed by atoms with E-state index in [2.05, 4.69) is 40.9 Å². The van der Waals surface area contributed by atoms with Gasteiger partial charge in [-0.1, -0.05) is 0 Å². The summed E-state index contributed by atoms with van der Waals surface area (Å²) in [7, 11) is 2.22. The van der Waals surface area contributed by atoms with Crippen molar-refractivity contribution in [3.63, 3.8) is 0 Å². The molecule has 3 rings (SSSR count). The summed E-state index contributed by atoms with van der Waals surface area (Å²) in [5.74, 6) is 0.877. The molecule has 26 heavy (non-hydrogen) atoms. The minimum absolute atomic E-state index is 0.295. The molecule has 3 heterocycles. The Morgan fingerprint density at radius 3 is 2.35 bits per heavy atom. The molecule has 1 N–H and O–H groups in total. The van der Waals surface area contributed by atoms with Gasteiger partial charge >= 0.3 is 0 Å². The van der Waals surface area contributed by atoms with Crippen molar-refractivity contribution in [2.45, 2.75) is 76.9 Å². The maximum absolute atomic E-state index is 12.6. The fourth-order valence-electron chi connectivity index (χ4n) is 5.04. The Balaban J connectivity index is 1.39. The molecule has 0 aromatic rings. The predicted molar refractivity (Wildman–Crippen MR) is 107 cm³/mol. The Labute approximate surface area is 160 Å². The number of piperidine rings is 3. The molecule has 0 saturated carbocycles. The highest BCUT2D eigenvalue weighted by Gasteiger charge is 2.29. The van der Waals surface area contributed by atoms with Gasteiger partial charge in [0, 0.05) is 31.1 Å². The monoisotopic (exact) mass is 364 g/mol. The lowest BCUT2D eigenvalue weighted by atomic mass is 9.92. The van der Waals surface area contributed by atoms with Gasteiger partial charge in [-0.25, -0.2) is 0 Å². The van der Waals surface area contributed by atoms with Gasteiger partial charge in [-0.2, -0.15) is 0 Å². The van der Waals surface area contributed by atoms with Crippen LogP contribution in [-0.2, 0) is 4.79 Å². The van der Waals surface area contributed by atoms with Gasteiger partial charge in [0.2, 0.25) is 5.91 Å². The molecule has 1 amide bonds. The molecule has 3 fully saturated rings. The molecule has 3 aliphatic heterocycles. The SMILES string of the molecule is CC(C)N1CCC(CC(=O)N[C@H]2CCCN(C3CCN(C)CC3)C2)CC1. The number of rotatable bonds is 5. The fraction of sp³-hybridized carbons (Fsp3) is 0.952. The summed E-state index contributed by atoms with van der Waals surface area (Å²) in [4.78, 5) is 20.2. The lowest BCUT2D eigenvalue weighted by Crippen LogP contribution is -2.53. The molecular formula is C21H40N4O. The van der Waals surface area contributed by atoms with Crippen molar-refractivity contribution in [2.75, 3.05) is 46.3 Å². The number of carbonyl (C=O) groups excluding carboxylic acids is 1. The first-order valence-corrected chi connectivity index (χ1v) is 11.0. The van der Waals surface area contributed by atoms with Gasteiger partial charge < -0.3 is 15.1 Å². The lowest BCUT2D eigenvalue weighted by Gasteiger charge is -2.42. The van der Waals surface area contributed by atoms with E-state index in [1.165, 1.54) is 51.7 Å². The van der Waals surface area contributed by atoms with Crippen LogP contribution >= 0.6 is 0 Å². The predicted octanol–water partition coefficient (Wildman–Crippen LogP) is 2.17. The van der Waals surface area contributed by atoms with E-state index in [1.54, 1.807) is 0 Å². The highest BCUT2D eigenvalue weighted by atomic mass is 16.1. The van der Waals surface area contributed by atoms with Gasteiger partial charge in [0.25, 0.3) is 0 Å². The van der Waals surface area contributed by atoms with Crippen LogP contribution < -0.4 is 5.32 Å². The zero-order valence-electron chi connectivity index (χ0n) is 17.3. The van der Waals surface area contributed by atoms with Gasteiger partial charge in [0.05, 0.1) is 0 Å². The molecule has 0 radical (unpaired) electrons. The molecule has 0 aliphatic carbocycles. The molecule has 3 saturated heterocycles. The summed E-state index contributed by atoms with van der Waals surface area (Å²) in [5.41, 5.74) is 0. The second kappa shape index (κ2) is 9.52. The molecule has 3 aliphatic rings. The number of nitrogens with zero attached hydrogens (tertiary/aromatic N) is 3. The normalized spacial score (nSPS) is 28.5. The van der Waals surface area contributed by atoms with E-state index in [-0.39, 0.29) is 0 Å².